The van der Waals surface area contributed by atoms with E-state index in [1.807, 2.05) is 13.8 Å². The predicted molar refractivity (Wildman–Crippen MR) is 122 cm³/mol. The molecule has 2 amide bonds. The van der Waals surface area contributed by atoms with Gasteiger partial charge in [0.1, 0.15) is 12.1 Å². The third-order valence-electron chi connectivity index (χ3n) is 5.50. The van der Waals surface area contributed by atoms with Gasteiger partial charge in [0.25, 0.3) is 5.91 Å². The Labute approximate surface area is 198 Å². The maximum Gasteiger partial charge on any atom is 0.326 e. The smallest absolute Gasteiger partial charge is 0.326 e. The van der Waals surface area contributed by atoms with Gasteiger partial charge in [-0.3, -0.25) is 14.4 Å². The number of carboxylic acid groups (broad SMARTS) is 2. The van der Waals surface area contributed by atoms with Gasteiger partial charge in [-0.1, -0.05) is 13.8 Å². The van der Waals surface area contributed by atoms with Crippen molar-refractivity contribution in [3.63, 3.8) is 0 Å². The SMILES string of the molecule is CC(C)CCNC(=O)C1CCCN1S(=O)(=O)c1ccc(C(=O)NC(CCC(=O)O)C(=O)O)cc1. The standard InChI is InChI=1S/C22H31N3O8S/c1-14(2)11-12-23-21(29)18-4-3-13-25(18)34(32,33)16-7-5-15(6-8-16)20(28)24-17(22(30)31)9-10-19(26)27/h5-8,14,17-18H,3-4,9-13H2,1-2H3,(H,23,29)(H,24,28)(H,26,27)(H,30,31). The first-order chi connectivity index (χ1) is 15.9. The lowest BCUT2D eigenvalue weighted by atomic mass is 10.1. The first kappa shape index (κ1) is 27.3. The highest BCUT2D eigenvalue weighted by molar-refractivity contribution is 7.89. The molecule has 2 atom stereocenters. The topological polar surface area (TPSA) is 170 Å². The fourth-order valence-electron chi connectivity index (χ4n) is 3.57. The predicted octanol–water partition coefficient (Wildman–Crippen LogP) is 1.05. The van der Waals surface area contributed by atoms with E-state index < -0.39 is 46.4 Å². The normalized spacial score (nSPS) is 17.3. The summed E-state index contributed by atoms with van der Waals surface area (Å²) in [6.45, 7) is 4.73. The van der Waals surface area contributed by atoms with Crippen molar-refractivity contribution in [2.75, 3.05) is 13.1 Å². The Morgan fingerprint density at radius 3 is 2.29 bits per heavy atom. The van der Waals surface area contributed by atoms with Crippen LogP contribution in [0.5, 0.6) is 0 Å². The number of carbonyl (C=O) groups is 4. The van der Waals surface area contributed by atoms with Gasteiger partial charge in [-0.2, -0.15) is 4.31 Å². The Morgan fingerprint density at radius 2 is 1.74 bits per heavy atom. The summed E-state index contributed by atoms with van der Waals surface area (Å²) in [5.74, 6) is -3.27. The number of rotatable bonds is 12. The zero-order valence-electron chi connectivity index (χ0n) is 19.2. The van der Waals surface area contributed by atoms with E-state index in [0.29, 0.717) is 25.3 Å². The fraction of sp³-hybridized carbons (Fsp3) is 0.545. The molecule has 0 aromatic heterocycles. The number of hydrogen-bond donors (Lipinski definition) is 4. The quantitative estimate of drug-likeness (QED) is 0.332. The van der Waals surface area contributed by atoms with Crippen LogP contribution in [0.3, 0.4) is 0 Å². The monoisotopic (exact) mass is 497 g/mol. The Morgan fingerprint density at radius 1 is 1.09 bits per heavy atom. The molecule has 188 valence electrons. The summed E-state index contributed by atoms with van der Waals surface area (Å²) in [6, 6.07) is 2.74. The zero-order chi connectivity index (χ0) is 25.5. The van der Waals surface area contributed by atoms with Crippen molar-refractivity contribution >= 4 is 33.8 Å². The molecule has 1 aliphatic heterocycles. The van der Waals surface area contributed by atoms with Crippen LogP contribution in [0.2, 0.25) is 0 Å². The minimum atomic E-state index is -3.99. The van der Waals surface area contributed by atoms with Gasteiger partial charge >= 0.3 is 11.9 Å². The maximum atomic E-state index is 13.1. The molecule has 11 nitrogen and oxygen atoms in total. The molecular formula is C22H31N3O8S. The number of benzene rings is 1. The van der Waals surface area contributed by atoms with Gasteiger partial charge in [0.2, 0.25) is 15.9 Å². The first-order valence-corrected chi connectivity index (χ1v) is 12.5. The van der Waals surface area contributed by atoms with Crippen LogP contribution < -0.4 is 10.6 Å². The summed E-state index contributed by atoms with van der Waals surface area (Å²) in [6.07, 6.45) is 1.03. The van der Waals surface area contributed by atoms with E-state index in [2.05, 4.69) is 10.6 Å². The van der Waals surface area contributed by atoms with Crippen LogP contribution in [0.1, 0.15) is 56.3 Å². The van der Waals surface area contributed by atoms with Crippen molar-refractivity contribution in [2.45, 2.75) is 62.9 Å². The lowest BCUT2D eigenvalue weighted by molar-refractivity contribution is -0.140. The zero-order valence-corrected chi connectivity index (χ0v) is 20.0. The second-order valence-corrected chi connectivity index (χ2v) is 10.5. The van der Waals surface area contributed by atoms with E-state index >= 15 is 0 Å². The minimum Gasteiger partial charge on any atom is -0.481 e. The molecule has 1 heterocycles. The molecule has 1 aromatic rings. The Kier molecular flexibility index (Phi) is 9.56. The Balaban J connectivity index is 2.09. The average Bonchev–Trinajstić information content (AvgIpc) is 3.27. The fourth-order valence-corrected chi connectivity index (χ4v) is 5.23. The molecule has 12 heteroatoms. The number of aliphatic carboxylic acids is 2. The van der Waals surface area contributed by atoms with E-state index in [-0.39, 0.29) is 29.3 Å². The number of carboxylic acids is 2. The second kappa shape index (κ2) is 11.9. The largest absolute Gasteiger partial charge is 0.481 e. The van der Waals surface area contributed by atoms with Crippen molar-refractivity contribution in [1.29, 1.82) is 0 Å². The highest BCUT2D eigenvalue weighted by atomic mass is 32.2. The highest BCUT2D eigenvalue weighted by Gasteiger charge is 2.39. The molecule has 0 aliphatic carbocycles. The van der Waals surface area contributed by atoms with Gasteiger partial charge in [0, 0.05) is 25.1 Å². The van der Waals surface area contributed by atoms with Crippen LogP contribution in [0.25, 0.3) is 0 Å². The van der Waals surface area contributed by atoms with Crippen molar-refractivity contribution < 1.29 is 37.8 Å². The van der Waals surface area contributed by atoms with Crippen LogP contribution in [0.15, 0.2) is 29.2 Å². The number of sulfonamides is 1. The van der Waals surface area contributed by atoms with E-state index in [9.17, 15) is 32.7 Å². The van der Waals surface area contributed by atoms with E-state index in [4.69, 9.17) is 5.11 Å². The first-order valence-electron chi connectivity index (χ1n) is 11.1. The van der Waals surface area contributed by atoms with Crippen LogP contribution in [-0.4, -0.2) is 71.9 Å². The molecule has 2 rings (SSSR count). The minimum absolute atomic E-state index is 0.0184. The van der Waals surface area contributed by atoms with E-state index in [0.717, 1.165) is 6.42 Å². The van der Waals surface area contributed by atoms with Crippen molar-refractivity contribution in [2.24, 2.45) is 5.92 Å². The van der Waals surface area contributed by atoms with Crippen molar-refractivity contribution in [3.05, 3.63) is 29.8 Å². The van der Waals surface area contributed by atoms with Gasteiger partial charge in [-0.05, 0) is 55.9 Å². The molecule has 0 saturated carbocycles. The summed E-state index contributed by atoms with van der Waals surface area (Å²) in [5, 5.41) is 22.9. The summed E-state index contributed by atoms with van der Waals surface area (Å²) in [4.78, 5) is 46.8. The molecule has 1 saturated heterocycles. The molecule has 1 aliphatic rings. The molecule has 0 bridgehead atoms. The third-order valence-corrected chi connectivity index (χ3v) is 7.42. The molecule has 1 fully saturated rings. The van der Waals surface area contributed by atoms with Crippen molar-refractivity contribution in [1.82, 2.24) is 14.9 Å². The maximum absolute atomic E-state index is 13.1. The van der Waals surface area contributed by atoms with Gasteiger partial charge < -0.3 is 20.8 Å². The van der Waals surface area contributed by atoms with Gasteiger partial charge in [0.15, 0.2) is 0 Å². The van der Waals surface area contributed by atoms with Crippen molar-refractivity contribution in [3.8, 4) is 0 Å². The summed E-state index contributed by atoms with van der Waals surface area (Å²) in [7, 11) is -3.99. The lowest BCUT2D eigenvalue weighted by Crippen LogP contribution is -2.46. The molecule has 0 radical (unpaired) electrons. The molecule has 4 N–H and O–H groups in total. The number of hydrogen-bond acceptors (Lipinski definition) is 6. The Hall–Kier alpha value is -2.99. The average molecular weight is 498 g/mol. The number of nitrogens with zero attached hydrogens (tertiary/aromatic N) is 1. The van der Waals surface area contributed by atoms with E-state index in [1.54, 1.807) is 0 Å². The van der Waals surface area contributed by atoms with Crippen LogP contribution >= 0.6 is 0 Å². The molecule has 34 heavy (non-hydrogen) atoms. The third kappa shape index (κ3) is 7.26. The number of nitrogens with one attached hydrogen (secondary N) is 2. The van der Waals surface area contributed by atoms with Gasteiger partial charge in [-0.25, -0.2) is 13.2 Å². The number of carbonyl (C=O) groups excluding carboxylic acids is 2. The molecule has 1 aromatic carbocycles. The van der Waals surface area contributed by atoms with Crippen LogP contribution in [-0.2, 0) is 24.4 Å². The lowest BCUT2D eigenvalue weighted by Gasteiger charge is -2.23. The van der Waals surface area contributed by atoms with Gasteiger partial charge in [0.05, 0.1) is 4.90 Å². The van der Waals surface area contributed by atoms with E-state index in [1.165, 1.54) is 28.6 Å². The van der Waals surface area contributed by atoms with Crippen LogP contribution in [0, 0.1) is 5.92 Å². The highest BCUT2D eigenvalue weighted by Crippen LogP contribution is 2.26. The Bertz CT molecular complexity index is 1010. The molecule has 0 spiro atoms. The number of amides is 2. The second-order valence-electron chi connectivity index (χ2n) is 8.57. The summed E-state index contributed by atoms with van der Waals surface area (Å²) < 4.78 is 27.4. The summed E-state index contributed by atoms with van der Waals surface area (Å²) in [5.41, 5.74) is 0.0184. The van der Waals surface area contributed by atoms with Crippen LogP contribution in [0.4, 0.5) is 0 Å². The molecule has 2 unspecified atom stereocenters. The molecular weight excluding hydrogens is 466 g/mol. The summed E-state index contributed by atoms with van der Waals surface area (Å²) >= 11 is 0. The van der Waals surface area contributed by atoms with Gasteiger partial charge in [-0.15, -0.1) is 0 Å².